The number of aliphatic hydroxyl groups excluding tert-OH is 1. The zero-order valence-corrected chi connectivity index (χ0v) is 21.0. The van der Waals surface area contributed by atoms with E-state index in [1.165, 1.54) is 56.9 Å². The van der Waals surface area contributed by atoms with E-state index in [-0.39, 0.29) is 31.6 Å². The summed E-state index contributed by atoms with van der Waals surface area (Å²) in [5.41, 5.74) is 1.49. The van der Waals surface area contributed by atoms with Gasteiger partial charge >= 0.3 is 0 Å². The van der Waals surface area contributed by atoms with Gasteiger partial charge in [0.2, 0.25) is 0 Å². The van der Waals surface area contributed by atoms with E-state index in [0.717, 1.165) is 10.9 Å². The van der Waals surface area contributed by atoms with Crippen molar-refractivity contribution >= 4 is 59.8 Å². The Hall–Kier alpha value is -3.33. The summed E-state index contributed by atoms with van der Waals surface area (Å²) in [5.74, 6) is 0.0301. The number of hydrogen-bond acceptors (Lipinski definition) is 3. The summed E-state index contributed by atoms with van der Waals surface area (Å²) >= 11 is 0. The summed E-state index contributed by atoms with van der Waals surface area (Å²) in [7, 11) is 0. The number of Topliss-reactive ketones (excluding diaryl/α,β-unsaturated/α-hetero) is 1. The summed E-state index contributed by atoms with van der Waals surface area (Å²) in [6.07, 6.45) is 1.93. The van der Waals surface area contributed by atoms with Crippen LogP contribution in [0.3, 0.4) is 0 Å². The average molecular weight is 609 g/mol. The molecular weight excluding hydrogens is 587 g/mol. The van der Waals surface area contributed by atoms with Crippen molar-refractivity contribution in [1.82, 2.24) is 4.98 Å². The van der Waals surface area contributed by atoms with Crippen LogP contribution >= 0.6 is 0 Å². The van der Waals surface area contributed by atoms with E-state index >= 15 is 0 Å². The first-order chi connectivity index (χ1) is 15.5. The quantitative estimate of drug-likeness (QED) is 0.0691. The van der Waals surface area contributed by atoms with Gasteiger partial charge in [0.1, 0.15) is 0 Å². The molecule has 0 fully saturated rings. The molecule has 165 valence electrons. The van der Waals surface area contributed by atoms with E-state index in [4.69, 9.17) is 10.1 Å². The maximum absolute atomic E-state index is 10.4. The van der Waals surface area contributed by atoms with E-state index in [2.05, 4.69) is 66.7 Å². The third-order valence-electron chi connectivity index (χ3n) is 6.23. The van der Waals surface area contributed by atoms with Gasteiger partial charge < -0.3 is 10.1 Å². The van der Waals surface area contributed by atoms with E-state index in [1.54, 1.807) is 6.92 Å². The number of nitrogens with zero attached hydrogens (tertiary/aromatic N) is 1. The predicted molar refractivity (Wildman–Crippen MR) is 133 cm³/mol. The minimum absolute atomic E-state index is 0. The number of pyridine rings is 1. The van der Waals surface area contributed by atoms with Crippen molar-refractivity contribution in [2.75, 3.05) is 0 Å². The molecule has 6 aromatic rings. The number of aromatic nitrogens is 1. The fraction of sp³-hybridized carbons (Fsp3) is 0.103. The van der Waals surface area contributed by atoms with Crippen LogP contribution in [0.25, 0.3) is 54.0 Å². The number of carbonyl (C=O) groups excluding carboxylic acids is 1. The largest absolute Gasteiger partial charge is 0.512 e. The van der Waals surface area contributed by atoms with Crippen LogP contribution in [0.2, 0.25) is 0 Å². The normalized spacial score (nSPS) is 12.0. The predicted octanol–water partition coefficient (Wildman–Crippen LogP) is 7.51. The van der Waals surface area contributed by atoms with Gasteiger partial charge in [-0.1, -0.05) is 53.2 Å². The number of allylic oxidation sites excluding steroid dienone is 2. The number of fused-ring (bicyclic) bond motifs is 6. The molecule has 5 aromatic carbocycles. The second kappa shape index (κ2) is 8.90. The standard InChI is InChI=1S/C23H12N.C6H10O2.Ir/c1-2-7-15-14(6-1)17-10-5-11-18-16-8-3-4-9-20(16)23-22(21(17)18)19(15)12-13-24-23;1-4(5(2)7)6(3)8;/h1-8,10-13H;7H,1-3H3;/q-1;;/b;5-4-;. The maximum Gasteiger partial charge on any atom is 0.158 e. The Morgan fingerprint density at radius 1 is 0.758 bits per heavy atom. The topological polar surface area (TPSA) is 50.2 Å². The number of rotatable bonds is 1. The molecule has 6 rings (SSSR count). The van der Waals surface area contributed by atoms with Gasteiger partial charge in [-0.25, -0.2) is 0 Å². The fourth-order valence-electron chi connectivity index (χ4n) is 4.46. The van der Waals surface area contributed by atoms with Gasteiger partial charge in [-0.2, -0.15) is 0 Å². The Morgan fingerprint density at radius 2 is 1.33 bits per heavy atom. The van der Waals surface area contributed by atoms with Gasteiger partial charge in [0.05, 0.1) is 5.76 Å². The SMILES string of the molecule is CC(=O)/C(C)=C(/C)O.[Ir].[c-]1cccc2c1c1nccc3c4ccccc4c4cccc2c4c31. The van der Waals surface area contributed by atoms with Crippen LogP contribution < -0.4 is 0 Å². The van der Waals surface area contributed by atoms with Crippen LogP contribution in [0.15, 0.2) is 84.3 Å². The first-order valence-corrected chi connectivity index (χ1v) is 10.6. The van der Waals surface area contributed by atoms with Crippen LogP contribution in [0, 0.1) is 6.07 Å². The third-order valence-corrected chi connectivity index (χ3v) is 6.23. The van der Waals surface area contributed by atoms with Crippen molar-refractivity contribution in [2.24, 2.45) is 0 Å². The van der Waals surface area contributed by atoms with Crippen molar-refractivity contribution in [3.63, 3.8) is 0 Å². The molecule has 1 N–H and O–H groups in total. The zero-order valence-electron chi connectivity index (χ0n) is 18.6. The molecule has 3 nitrogen and oxygen atoms in total. The Balaban J connectivity index is 0.000000252. The number of ketones is 1. The van der Waals surface area contributed by atoms with Crippen molar-refractivity contribution in [3.8, 4) is 0 Å². The van der Waals surface area contributed by atoms with Crippen molar-refractivity contribution in [2.45, 2.75) is 20.8 Å². The molecule has 0 aliphatic rings. The molecule has 0 saturated heterocycles. The molecule has 0 unspecified atom stereocenters. The third kappa shape index (κ3) is 3.66. The van der Waals surface area contributed by atoms with E-state index < -0.39 is 0 Å². The smallest absolute Gasteiger partial charge is 0.158 e. The van der Waals surface area contributed by atoms with Crippen molar-refractivity contribution in [1.29, 1.82) is 0 Å². The molecule has 0 amide bonds. The zero-order chi connectivity index (χ0) is 22.4. The molecule has 0 aliphatic heterocycles. The first-order valence-electron chi connectivity index (χ1n) is 10.6. The van der Waals surface area contributed by atoms with Gasteiger partial charge in [-0.05, 0) is 64.7 Å². The van der Waals surface area contributed by atoms with Crippen LogP contribution in [0.4, 0.5) is 0 Å². The molecule has 0 spiro atoms. The average Bonchev–Trinajstić information content (AvgIpc) is 2.83. The summed E-state index contributed by atoms with van der Waals surface area (Å²) in [6, 6.07) is 27.1. The summed E-state index contributed by atoms with van der Waals surface area (Å²) in [4.78, 5) is 15.1. The minimum atomic E-state index is -0.0787. The Labute approximate surface area is 205 Å². The van der Waals surface area contributed by atoms with E-state index in [1.807, 2.05) is 12.3 Å². The number of carbonyl (C=O) groups is 1. The number of benzene rings is 5. The Morgan fingerprint density at radius 3 is 1.94 bits per heavy atom. The first kappa shape index (κ1) is 22.8. The summed E-state index contributed by atoms with van der Waals surface area (Å²) in [6.45, 7) is 4.52. The molecule has 0 aliphatic carbocycles. The van der Waals surface area contributed by atoms with Gasteiger partial charge in [0, 0.05) is 31.9 Å². The van der Waals surface area contributed by atoms with Crippen LogP contribution in [-0.4, -0.2) is 15.9 Å². The monoisotopic (exact) mass is 609 g/mol. The van der Waals surface area contributed by atoms with Gasteiger partial charge in [0.25, 0.3) is 0 Å². The second-order valence-corrected chi connectivity index (χ2v) is 8.08. The molecule has 1 aromatic heterocycles. The van der Waals surface area contributed by atoms with Crippen molar-refractivity contribution < 1.29 is 30.0 Å². The van der Waals surface area contributed by atoms with E-state index in [9.17, 15) is 4.79 Å². The molecule has 4 heteroatoms. The number of hydrogen-bond donors (Lipinski definition) is 1. The Kier molecular flexibility index (Phi) is 6.16. The molecule has 0 bridgehead atoms. The summed E-state index contributed by atoms with van der Waals surface area (Å²) in [5, 5.41) is 20.0. The molecule has 1 radical (unpaired) electrons. The van der Waals surface area contributed by atoms with Crippen LogP contribution in [0.5, 0.6) is 0 Å². The molecule has 0 saturated carbocycles. The van der Waals surface area contributed by atoms with E-state index in [0.29, 0.717) is 5.57 Å². The molecule has 33 heavy (non-hydrogen) atoms. The van der Waals surface area contributed by atoms with Crippen molar-refractivity contribution in [3.05, 3.63) is 90.3 Å². The van der Waals surface area contributed by atoms with Gasteiger partial charge in [-0.15, -0.1) is 29.7 Å². The molecule has 1 heterocycles. The Bertz CT molecular complexity index is 1470. The molecular formula is C29H22IrNO2-. The fourth-order valence-corrected chi connectivity index (χ4v) is 4.46. The van der Waals surface area contributed by atoms with Crippen LogP contribution in [0.1, 0.15) is 20.8 Å². The summed E-state index contributed by atoms with van der Waals surface area (Å²) < 4.78 is 0. The van der Waals surface area contributed by atoms with Gasteiger partial charge in [-0.3, -0.25) is 4.79 Å². The second-order valence-electron chi connectivity index (χ2n) is 8.08. The maximum atomic E-state index is 10.4. The van der Waals surface area contributed by atoms with Gasteiger partial charge in [0.15, 0.2) is 5.78 Å². The number of aliphatic hydroxyl groups is 1. The minimum Gasteiger partial charge on any atom is -0.512 e. The van der Waals surface area contributed by atoms with Crippen LogP contribution in [-0.2, 0) is 24.9 Å². The molecule has 0 atom stereocenters.